The fraction of sp³-hybridized carbons (Fsp3) is 0.0370. The Balaban J connectivity index is 1.16. The van der Waals surface area contributed by atoms with Crippen LogP contribution in [0.3, 0.4) is 0 Å². The molecule has 0 amide bonds. The Morgan fingerprint density at radius 3 is 1.81 bits per heavy atom. The monoisotopic (exact) mass is 744 g/mol. The molecule has 8 aromatic carbocycles. The summed E-state index contributed by atoms with van der Waals surface area (Å²) < 4.78 is 2.59. The van der Waals surface area contributed by atoms with Crippen molar-refractivity contribution in [2.75, 3.05) is 0 Å². The summed E-state index contributed by atoms with van der Waals surface area (Å²) in [5, 5.41) is 2.59. The van der Waals surface area contributed by atoms with E-state index in [-0.39, 0.29) is 5.41 Å². The van der Waals surface area contributed by atoms with Crippen LogP contribution in [0.5, 0.6) is 0 Å². The van der Waals surface area contributed by atoms with Crippen molar-refractivity contribution in [1.29, 1.82) is 0 Å². The Hall–Kier alpha value is -6.94. The second-order valence-corrected chi connectivity index (χ2v) is 16.1. The Morgan fingerprint density at radius 1 is 0.404 bits per heavy atom. The highest BCUT2D eigenvalue weighted by molar-refractivity contribution is 7.26. The molecule has 0 N–H and O–H groups in total. The molecule has 1 aliphatic carbocycles. The van der Waals surface area contributed by atoms with Gasteiger partial charge < -0.3 is 0 Å². The number of benzene rings is 8. The smallest absolute Gasteiger partial charge is 0.160 e. The molecule has 0 bridgehead atoms. The van der Waals surface area contributed by atoms with E-state index in [1.807, 2.05) is 17.4 Å². The van der Waals surface area contributed by atoms with Crippen LogP contribution in [-0.4, -0.2) is 9.97 Å². The predicted molar refractivity (Wildman–Crippen MR) is 240 cm³/mol. The summed E-state index contributed by atoms with van der Waals surface area (Å²) in [7, 11) is 0. The molecular formula is C54H36N2S. The normalized spacial score (nSPS) is 14.5. The summed E-state index contributed by atoms with van der Waals surface area (Å²) in [5.74, 6) is 0.705. The topological polar surface area (TPSA) is 25.8 Å². The molecule has 3 heteroatoms. The zero-order chi connectivity index (χ0) is 37.9. The van der Waals surface area contributed by atoms with Gasteiger partial charge >= 0.3 is 0 Å². The first-order valence-electron chi connectivity index (χ1n) is 19.5. The standard InChI is InChI=1S/C54H36N2S/c1-54(40-21-9-4-10-22-40)46-28-13-11-24-44(46)51-45(27-16-29-47(51)54)49-34-48(55-53(56-49)36-19-7-3-8-20-36)39-32-37(35-17-5-2-6-18-35)31-38(33-39)41-25-15-26-43-42-23-12-14-30-50(42)57-52(41)43/h2-34H,1H3. The van der Waals surface area contributed by atoms with Crippen LogP contribution in [-0.2, 0) is 5.41 Å². The summed E-state index contributed by atoms with van der Waals surface area (Å²) in [4.78, 5) is 10.8. The summed E-state index contributed by atoms with van der Waals surface area (Å²) in [6, 6.07) is 72.2. The number of nitrogens with zero attached hydrogens (tertiary/aromatic N) is 2. The summed E-state index contributed by atoms with van der Waals surface area (Å²) >= 11 is 1.86. The van der Waals surface area contributed by atoms with Gasteiger partial charge in [-0.2, -0.15) is 0 Å². The maximum atomic E-state index is 5.39. The first kappa shape index (κ1) is 33.4. The molecule has 2 heterocycles. The van der Waals surface area contributed by atoms with Crippen molar-refractivity contribution < 1.29 is 0 Å². The zero-order valence-electron chi connectivity index (χ0n) is 31.4. The van der Waals surface area contributed by atoms with Gasteiger partial charge in [0.15, 0.2) is 5.82 Å². The Morgan fingerprint density at radius 2 is 0.982 bits per heavy atom. The average molecular weight is 745 g/mol. The first-order valence-corrected chi connectivity index (χ1v) is 20.3. The van der Waals surface area contributed by atoms with Gasteiger partial charge in [-0.05, 0) is 87.3 Å². The molecule has 0 aliphatic heterocycles. The number of fused-ring (bicyclic) bond motifs is 6. The molecule has 10 aromatic rings. The van der Waals surface area contributed by atoms with Crippen molar-refractivity contribution in [3.05, 3.63) is 217 Å². The van der Waals surface area contributed by atoms with E-state index >= 15 is 0 Å². The molecule has 2 aromatic heterocycles. The zero-order valence-corrected chi connectivity index (χ0v) is 32.2. The fourth-order valence-corrected chi connectivity index (χ4v) is 10.2. The highest BCUT2D eigenvalue weighted by Crippen LogP contribution is 2.55. The molecule has 0 saturated heterocycles. The van der Waals surface area contributed by atoms with Gasteiger partial charge in [0.05, 0.1) is 11.4 Å². The van der Waals surface area contributed by atoms with Gasteiger partial charge in [0.2, 0.25) is 0 Å². The van der Waals surface area contributed by atoms with Crippen molar-refractivity contribution in [2.24, 2.45) is 0 Å². The van der Waals surface area contributed by atoms with Gasteiger partial charge in [-0.1, -0.05) is 170 Å². The van der Waals surface area contributed by atoms with E-state index in [1.54, 1.807) is 0 Å². The van der Waals surface area contributed by atoms with Crippen LogP contribution in [0.25, 0.3) is 87.5 Å². The third kappa shape index (κ3) is 5.46. The lowest BCUT2D eigenvalue weighted by Crippen LogP contribution is -2.22. The summed E-state index contributed by atoms with van der Waals surface area (Å²) in [6.07, 6.45) is 0. The maximum absolute atomic E-state index is 5.39. The van der Waals surface area contributed by atoms with Crippen LogP contribution in [0.2, 0.25) is 0 Å². The first-order chi connectivity index (χ1) is 28.1. The number of thiophene rings is 1. The third-order valence-corrected chi connectivity index (χ3v) is 13.0. The minimum absolute atomic E-state index is 0.312. The molecule has 57 heavy (non-hydrogen) atoms. The molecule has 2 nitrogen and oxygen atoms in total. The summed E-state index contributed by atoms with van der Waals surface area (Å²) in [5.41, 5.74) is 15.7. The lowest BCUT2D eigenvalue weighted by Gasteiger charge is -2.28. The van der Waals surface area contributed by atoms with E-state index in [4.69, 9.17) is 9.97 Å². The highest BCUT2D eigenvalue weighted by atomic mass is 32.1. The van der Waals surface area contributed by atoms with Gasteiger partial charge in [-0.25, -0.2) is 9.97 Å². The molecule has 1 aliphatic rings. The quantitative estimate of drug-likeness (QED) is 0.169. The SMILES string of the molecule is CC1(c2ccccc2)c2ccccc2-c2c(-c3cc(-c4cc(-c5ccccc5)cc(-c5cccc6c5sc5ccccc56)c4)nc(-c4ccccc4)n3)cccc21. The van der Waals surface area contributed by atoms with Gasteiger partial charge in [-0.15, -0.1) is 11.3 Å². The van der Waals surface area contributed by atoms with Gasteiger partial charge in [-0.3, -0.25) is 0 Å². The number of hydrogen-bond donors (Lipinski definition) is 0. The van der Waals surface area contributed by atoms with Crippen LogP contribution in [0, 0.1) is 0 Å². The molecule has 268 valence electrons. The molecule has 11 rings (SSSR count). The van der Waals surface area contributed by atoms with Crippen LogP contribution in [0.15, 0.2) is 200 Å². The molecule has 0 radical (unpaired) electrons. The predicted octanol–water partition coefficient (Wildman–Crippen LogP) is 14.5. The van der Waals surface area contributed by atoms with E-state index in [0.29, 0.717) is 5.82 Å². The van der Waals surface area contributed by atoms with Crippen LogP contribution < -0.4 is 0 Å². The fourth-order valence-electron chi connectivity index (χ4n) is 8.99. The van der Waals surface area contributed by atoms with Crippen molar-refractivity contribution in [3.63, 3.8) is 0 Å². The van der Waals surface area contributed by atoms with Crippen LogP contribution >= 0.6 is 11.3 Å². The maximum Gasteiger partial charge on any atom is 0.160 e. The van der Waals surface area contributed by atoms with E-state index in [9.17, 15) is 0 Å². The lowest BCUT2D eigenvalue weighted by molar-refractivity contribution is 0.714. The molecule has 1 atom stereocenters. The van der Waals surface area contributed by atoms with Crippen LogP contribution in [0.4, 0.5) is 0 Å². The second-order valence-electron chi connectivity index (χ2n) is 15.0. The minimum atomic E-state index is -0.312. The number of rotatable bonds is 6. The number of hydrogen-bond acceptors (Lipinski definition) is 3. The Bertz CT molecular complexity index is 3130. The lowest BCUT2D eigenvalue weighted by atomic mass is 9.74. The van der Waals surface area contributed by atoms with Crippen molar-refractivity contribution in [3.8, 4) is 67.3 Å². The van der Waals surface area contributed by atoms with Gasteiger partial charge in [0.1, 0.15) is 0 Å². The second kappa shape index (κ2) is 13.4. The van der Waals surface area contributed by atoms with Crippen LogP contribution in [0.1, 0.15) is 23.6 Å². The molecule has 0 saturated carbocycles. The molecule has 1 unspecified atom stereocenters. The third-order valence-electron chi connectivity index (χ3n) is 11.8. The number of aromatic nitrogens is 2. The van der Waals surface area contributed by atoms with Crippen molar-refractivity contribution >= 4 is 31.5 Å². The largest absolute Gasteiger partial charge is 0.228 e. The molecular weight excluding hydrogens is 709 g/mol. The van der Waals surface area contributed by atoms with Crippen molar-refractivity contribution in [2.45, 2.75) is 12.3 Å². The average Bonchev–Trinajstić information content (AvgIpc) is 3.80. The van der Waals surface area contributed by atoms with E-state index in [2.05, 4.69) is 201 Å². The van der Waals surface area contributed by atoms with E-state index in [1.165, 1.54) is 59.1 Å². The summed E-state index contributed by atoms with van der Waals surface area (Å²) in [6.45, 7) is 2.37. The molecule has 0 fully saturated rings. The highest BCUT2D eigenvalue weighted by Gasteiger charge is 2.41. The Labute approximate surface area is 336 Å². The van der Waals surface area contributed by atoms with E-state index in [0.717, 1.165) is 39.2 Å². The van der Waals surface area contributed by atoms with Crippen molar-refractivity contribution in [1.82, 2.24) is 9.97 Å². The minimum Gasteiger partial charge on any atom is -0.228 e. The molecule has 0 spiro atoms. The van der Waals surface area contributed by atoms with Gasteiger partial charge in [0.25, 0.3) is 0 Å². The Kier molecular flexibility index (Phi) is 7.84. The van der Waals surface area contributed by atoms with E-state index < -0.39 is 0 Å². The van der Waals surface area contributed by atoms with Gasteiger partial charge in [0, 0.05) is 42.3 Å².